The fourth-order valence-corrected chi connectivity index (χ4v) is 0. The first-order valence-corrected chi connectivity index (χ1v) is 1.95. The summed E-state index contributed by atoms with van der Waals surface area (Å²) in [5.41, 5.74) is 0. The van der Waals surface area contributed by atoms with E-state index < -0.39 is 9.17 Å². The van der Waals surface area contributed by atoms with Gasteiger partial charge in [-0.1, -0.05) is 0 Å². The average molecular weight is 309 g/mol. The van der Waals surface area contributed by atoms with Crippen LogP contribution in [0.1, 0.15) is 5.71 Å². The molecule has 2 N–H and O–H groups in total. The molecule has 0 radical (unpaired) electrons. The first kappa shape index (κ1) is 22.7. The van der Waals surface area contributed by atoms with Crippen molar-refractivity contribution in [1.82, 2.24) is 0 Å². The van der Waals surface area contributed by atoms with E-state index in [2.05, 4.69) is 0 Å². The van der Waals surface area contributed by atoms with Crippen LogP contribution in [0.4, 0.5) is 0 Å². The molecule has 0 heterocycles. The van der Waals surface area contributed by atoms with Crippen molar-refractivity contribution >= 4 is 81.1 Å². The Kier molecular flexibility index (Phi) is 51.2. The molecule has 0 amide bonds. The van der Waals surface area contributed by atoms with E-state index in [4.69, 9.17) is 14.1 Å². The summed E-state index contributed by atoms with van der Waals surface area (Å²) in [4.78, 5) is 14.3. The largest absolute Gasteiger partial charge is 2.00 e. The zero-order chi connectivity index (χ0) is 3.58. The predicted octanol–water partition coefficient (Wildman–Crippen LogP) is -1.93. The summed E-state index contributed by atoms with van der Waals surface area (Å²) in [6, 6.07) is 0. The van der Waals surface area contributed by atoms with Gasteiger partial charge in [-0.25, -0.2) is 0 Å². The summed E-state index contributed by atoms with van der Waals surface area (Å²) < 4.78 is 8.74. The topological polar surface area (TPSA) is 57.5 Å². The Morgan fingerprint density at radius 2 is 1.43 bits per heavy atom. The van der Waals surface area contributed by atoms with Crippen LogP contribution in [-0.4, -0.2) is 90.7 Å². The Balaban J connectivity index is -0.00000000214. The van der Waals surface area contributed by atoms with E-state index >= 15 is 0 Å². The van der Waals surface area contributed by atoms with Crippen LogP contribution in [0.3, 0.4) is 0 Å². The smallest absolute Gasteiger partial charge is 1.00 e. The summed E-state index contributed by atoms with van der Waals surface area (Å²) in [5.74, 6) is 0. The number of hydrogen-bond donors (Lipinski definition) is 2. The molecule has 0 unspecified atom stereocenters. The van der Waals surface area contributed by atoms with E-state index in [1.54, 1.807) is 0 Å². The van der Waals surface area contributed by atoms with Crippen molar-refractivity contribution in [1.29, 1.82) is 0 Å². The molecule has 3 nitrogen and oxygen atoms in total. The van der Waals surface area contributed by atoms with Gasteiger partial charge in [0.15, 0.2) is 0 Å². The first-order chi connectivity index (χ1) is 1.73. The van der Waals surface area contributed by atoms with Gasteiger partial charge < -0.3 is 15.3 Å². The van der Waals surface area contributed by atoms with Crippen molar-refractivity contribution in [3.8, 4) is 0 Å². The van der Waals surface area contributed by atoms with Crippen molar-refractivity contribution in [3.05, 3.63) is 0 Å². The third kappa shape index (κ3) is 55.8. The molecule has 0 aromatic rings. The van der Waals surface area contributed by atoms with Gasteiger partial charge in [-0.15, -0.1) is 0 Å². The summed E-state index contributed by atoms with van der Waals surface area (Å²) >= 11 is 0. The zero-order valence-corrected chi connectivity index (χ0v) is 13.7. The Bertz CT molecular complexity index is 48.3. The summed E-state index contributed by atoms with van der Waals surface area (Å²) in [5, 5.41) is 0. The van der Waals surface area contributed by atoms with Gasteiger partial charge in [-0.05, 0) is 0 Å². The standard InChI is InChI=1S/Ba.Mg.H2O3Si.Zn.4H/c;;1-4(2)3;;;;;/h;;1-2H;;;;;/q2*+2;;;4*-1. The quantitative estimate of drug-likeness (QED) is 0.513. The minimum atomic E-state index is -3.13. The number of rotatable bonds is 0. The number of hydrogen-bond acceptors (Lipinski definition) is 1. The van der Waals surface area contributed by atoms with E-state index in [0.717, 1.165) is 0 Å². The summed E-state index contributed by atoms with van der Waals surface area (Å²) in [6.07, 6.45) is 0. The zero-order valence-electron chi connectivity index (χ0n) is 7.92. The predicted molar refractivity (Wildman–Crippen MR) is 26.8 cm³/mol. The second kappa shape index (κ2) is 15.8. The first-order valence-electron chi connectivity index (χ1n) is 0.651. The van der Waals surface area contributed by atoms with Gasteiger partial charge >= 0.3 is 81.1 Å². The molecule has 34 valence electrons. The average Bonchev–Trinajstić information content (AvgIpc) is 0.811. The van der Waals surface area contributed by atoms with Crippen LogP contribution in [-0.2, 0) is 23.9 Å². The molecule has 7 heteroatoms. The second-order valence-electron chi connectivity index (χ2n) is 0.283. The Morgan fingerprint density at radius 3 is 1.43 bits per heavy atom. The van der Waals surface area contributed by atoms with E-state index in [1.807, 2.05) is 0 Å². The molecule has 0 bridgehead atoms. The van der Waals surface area contributed by atoms with Gasteiger partial charge in [-0.2, -0.15) is 0 Å². The van der Waals surface area contributed by atoms with Crippen LogP contribution in [0.25, 0.3) is 0 Å². The van der Waals surface area contributed by atoms with Crippen molar-refractivity contribution in [2.75, 3.05) is 0 Å². The maximum atomic E-state index is 8.74. The Labute approximate surface area is 118 Å². The van der Waals surface area contributed by atoms with Crippen LogP contribution in [0.5, 0.6) is 0 Å². The van der Waals surface area contributed by atoms with Crippen LogP contribution in [0.2, 0.25) is 0 Å². The van der Waals surface area contributed by atoms with Crippen molar-refractivity contribution < 1.29 is 39.2 Å². The molecule has 0 aromatic carbocycles. The van der Waals surface area contributed by atoms with E-state index in [1.165, 1.54) is 0 Å². The fraction of sp³-hybridized carbons (Fsp3) is 0. The molecule has 0 spiro atoms. The van der Waals surface area contributed by atoms with E-state index in [-0.39, 0.29) is 97.1 Å². The molecular formula is H6BaMgO3SiZn. The maximum Gasteiger partial charge on any atom is 2.00 e. The molecule has 0 rings (SSSR count). The summed E-state index contributed by atoms with van der Waals surface area (Å²) in [6.45, 7) is 0. The molecule has 0 saturated heterocycles. The maximum absolute atomic E-state index is 8.74. The van der Waals surface area contributed by atoms with Gasteiger partial charge in [0, 0.05) is 19.5 Å². The van der Waals surface area contributed by atoms with E-state index in [0.29, 0.717) is 0 Å². The molecular weight excluding hydrogens is 303 g/mol. The Hall–Kier alpha value is 2.58. The molecule has 0 saturated carbocycles. The van der Waals surface area contributed by atoms with Gasteiger partial charge in [0.2, 0.25) is 0 Å². The monoisotopic (exact) mass is 308 g/mol. The normalized spacial score (nSPS) is 3.43. The molecule has 0 aliphatic heterocycles. The van der Waals surface area contributed by atoms with Crippen molar-refractivity contribution in [2.45, 2.75) is 0 Å². The minimum absolute atomic E-state index is 0. The van der Waals surface area contributed by atoms with Crippen LogP contribution >= 0.6 is 0 Å². The van der Waals surface area contributed by atoms with Crippen LogP contribution in [0, 0.1) is 0 Å². The van der Waals surface area contributed by atoms with Crippen LogP contribution in [0.15, 0.2) is 0 Å². The van der Waals surface area contributed by atoms with E-state index in [9.17, 15) is 0 Å². The second-order valence-corrected chi connectivity index (χ2v) is 0.848. The summed E-state index contributed by atoms with van der Waals surface area (Å²) in [7, 11) is -3.13. The third-order valence-corrected chi connectivity index (χ3v) is 0. The van der Waals surface area contributed by atoms with Gasteiger partial charge in [0.1, 0.15) is 0 Å². The fourth-order valence-electron chi connectivity index (χ4n) is 0. The van der Waals surface area contributed by atoms with Crippen molar-refractivity contribution in [2.24, 2.45) is 0 Å². The molecule has 0 aliphatic carbocycles. The molecule has 7 heavy (non-hydrogen) atoms. The SMILES string of the molecule is O=[Si](O)O.[Ba+2].[H-].[H-].[H-].[H-].[Mg+2].[Zn]. The van der Waals surface area contributed by atoms with Gasteiger partial charge in [0.05, 0.1) is 0 Å². The van der Waals surface area contributed by atoms with Gasteiger partial charge in [-0.3, -0.25) is 4.46 Å². The molecule has 0 aliphatic rings. The van der Waals surface area contributed by atoms with Crippen molar-refractivity contribution in [3.63, 3.8) is 0 Å². The molecule has 0 aromatic heterocycles. The molecule has 0 atom stereocenters. The molecule has 0 fully saturated rings. The Morgan fingerprint density at radius 1 is 1.43 bits per heavy atom. The minimum Gasteiger partial charge on any atom is -1.00 e. The van der Waals surface area contributed by atoms with Crippen LogP contribution < -0.4 is 0 Å². The van der Waals surface area contributed by atoms with Gasteiger partial charge in [0.25, 0.3) is 0 Å². The third-order valence-electron chi connectivity index (χ3n) is 0.